The molecule has 2 atom stereocenters. The van der Waals surface area contributed by atoms with Crippen molar-refractivity contribution >= 4 is 5.97 Å². The molecule has 0 aliphatic heterocycles. The van der Waals surface area contributed by atoms with Crippen molar-refractivity contribution in [2.24, 2.45) is 5.92 Å². The molecular weight excluding hydrogens is 166 g/mol. The Morgan fingerprint density at radius 1 is 1.69 bits per heavy atom. The van der Waals surface area contributed by atoms with Gasteiger partial charge in [0.2, 0.25) is 0 Å². The minimum atomic E-state index is -0.701. The van der Waals surface area contributed by atoms with Crippen molar-refractivity contribution in [2.75, 3.05) is 0 Å². The minimum absolute atomic E-state index is 0.150. The van der Waals surface area contributed by atoms with Crippen LogP contribution in [0.3, 0.4) is 0 Å². The summed E-state index contributed by atoms with van der Waals surface area (Å²) in [6, 6.07) is 3.88. The number of carboxylic acid groups (broad SMARTS) is 1. The van der Waals surface area contributed by atoms with Gasteiger partial charge in [-0.2, -0.15) is 0 Å². The van der Waals surface area contributed by atoms with Crippen molar-refractivity contribution in [3.63, 3.8) is 0 Å². The van der Waals surface area contributed by atoms with Crippen molar-refractivity contribution in [2.45, 2.75) is 19.3 Å². The first-order valence-corrected chi connectivity index (χ1v) is 4.34. The molecule has 1 aromatic heterocycles. The monoisotopic (exact) mass is 177 g/mol. The van der Waals surface area contributed by atoms with E-state index in [4.69, 9.17) is 5.11 Å². The number of aryl methyl sites for hydroxylation is 1. The highest BCUT2D eigenvalue weighted by Crippen LogP contribution is 2.46. The third-order valence-corrected chi connectivity index (χ3v) is 2.42. The summed E-state index contributed by atoms with van der Waals surface area (Å²) in [6.45, 7) is 1.99. The minimum Gasteiger partial charge on any atom is -0.481 e. The largest absolute Gasteiger partial charge is 0.481 e. The molecule has 1 N–H and O–H groups in total. The molecule has 1 aliphatic rings. The Kier molecular flexibility index (Phi) is 1.79. The maximum atomic E-state index is 10.6. The number of nitrogens with zero attached hydrogens (tertiary/aromatic N) is 1. The zero-order valence-corrected chi connectivity index (χ0v) is 7.40. The van der Waals surface area contributed by atoms with Gasteiger partial charge in [-0.25, -0.2) is 0 Å². The molecule has 2 rings (SSSR count). The molecule has 0 spiro atoms. The van der Waals surface area contributed by atoms with Crippen LogP contribution in [0.5, 0.6) is 0 Å². The van der Waals surface area contributed by atoms with E-state index in [1.54, 1.807) is 6.20 Å². The van der Waals surface area contributed by atoms with Crippen LogP contribution in [0.2, 0.25) is 0 Å². The average Bonchev–Trinajstić information content (AvgIpc) is 2.82. The molecule has 1 saturated carbocycles. The number of pyridine rings is 1. The zero-order valence-electron chi connectivity index (χ0n) is 7.40. The molecule has 13 heavy (non-hydrogen) atoms. The van der Waals surface area contributed by atoms with Crippen molar-refractivity contribution in [3.05, 3.63) is 29.6 Å². The molecule has 2 unspecified atom stereocenters. The van der Waals surface area contributed by atoms with Crippen LogP contribution < -0.4 is 0 Å². The number of aromatic nitrogens is 1. The number of carbonyl (C=O) groups is 1. The van der Waals surface area contributed by atoms with E-state index in [9.17, 15) is 4.79 Å². The average molecular weight is 177 g/mol. The fraction of sp³-hybridized carbons (Fsp3) is 0.400. The van der Waals surface area contributed by atoms with E-state index in [-0.39, 0.29) is 11.8 Å². The van der Waals surface area contributed by atoms with Crippen molar-refractivity contribution in [3.8, 4) is 0 Å². The summed E-state index contributed by atoms with van der Waals surface area (Å²) in [6.07, 6.45) is 2.48. The predicted octanol–water partition coefficient (Wildman–Crippen LogP) is 1.58. The maximum Gasteiger partial charge on any atom is 0.307 e. The van der Waals surface area contributed by atoms with Crippen LogP contribution in [0.4, 0.5) is 0 Å². The van der Waals surface area contributed by atoms with Crippen LogP contribution in [0, 0.1) is 12.8 Å². The summed E-state index contributed by atoms with van der Waals surface area (Å²) >= 11 is 0. The van der Waals surface area contributed by atoms with Crippen LogP contribution >= 0.6 is 0 Å². The molecule has 0 radical (unpaired) electrons. The second-order valence-electron chi connectivity index (χ2n) is 3.54. The summed E-state index contributed by atoms with van der Waals surface area (Å²) < 4.78 is 0. The second kappa shape index (κ2) is 2.83. The van der Waals surface area contributed by atoms with Gasteiger partial charge in [-0.05, 0) is 31.0 Å². The predicted molar refractivity (Wildman–Crippen MR) is 47.5 cm³/mol. The first-order valence-electron chi connectivity index (χ1n) is 4.34. The third-order valence-electron chi connectivity index (χ3n) is 2.42. The van der Waals surface area contributed by atoms with Gasteiger partial charge in [0.15, 0.2) is 0 Å². The lowest BCUT2D eigenvalue weighted by atomic mass is 10.2. The quantitative estimate of drug-likeness (QED) is 0.746. The molecule has 68 valence electrons. The Bertz CT molecular complexity index is 349. The summed E-state index contributed by atoms with van der Waals surface area (Å²) in [7, 11) is 0. The lowest BCUT2D eigenvalue weighted by Crippen LogP contribution is -1.99. The normalized spacial score (nSPS) is 25.6. The van der Waals surface area contributed by atoms with Crippen molar-refractivity contribution < 1.29 is 9.90 Å². The fourth-order valence-corrected chi connectivity index (χ4v) is 1.56. The van der Waals surface area contributed by atoms with Crippen LogP contribution in [-0.4, -0.2) is 16.1 Å². The van der Waals surface area contributed by atoms with Crippen molar-refractivity contribution in [1.29, 1.82) is 0 Å². The van der Waals surface area contributed by atoms with Crippen LogP contribution in [0.15, 0.2) is 18.3 Å². The molecule has 0 bridgehead atoms. The van der Waals surface area contributed by atoms with E-state index >= 15 is 0 Å². The summed E-state index contributed by atoms with van der Waals surface area (Å²) in [5.74, 6) is -0.750. The third kappa shape index (κ3) is 1.54. The van der Waals surface area contributed by atoms with E-state index in [1.165, 1.54) is 0 Å². The Labute approximate surface area is 76.4 Å². The summed E-state index contributed by atoms with van der Waals surface area (Å²) in [5, 5.41) is 8.73. The summed E-state index contributed by atoms with van der Waals surface area (Å²) in [4.78, 5) is 14.8. The number of aliphatic carboxylic acids is 1. The molecule has 3 heteroatoms. The smallest absolute Gasteiger partial charge is 0.307 e. The molecular formula is C10H11NO2. The highest BCUT2D eigenvalue weighted by Gasteiger charge is 2.45. The highest BCUT2D eigenvalue weighted by atomic mass is 16.4. The van der Waals surface area contributed by atoms with E-state index < -0.39 is 5.97 Å². The summed E-state index contributed by atoms with van der Waals surface area (Å²) in [5.41, 5.74) is 2.06. The van der Waals surface area contributed by atoms with Gasteiger partial charge in [0.05, 0.1) is 5.92 Å². The number of hydrogen-bond donors (Lipinski definition) is 1. The van der Waals surface area contributed by atoms with E-state index in [0.717, 1.165) is 17.7 Å². The van der Waals surface area contributed by atoms with Gasteiger partial charge >= 0.3 is 5.97 Å². The van der Waals surface area contributed by atoms with E-state index in [2.05, 4.69) is 4.98 Å². The molecule has 0 amide bonds. The van der Waals surface area contributed by atoms with Gasteiger partial charge in [0.25, 0.3) is 0 Å². The Morgan fingerprint density at radius 2 is 2.46 bits per heavy atom. The topological polar surface area (TPSA) is 50.2 Å². The van der Waals surface area contributed by atoms with Gasteiger partial charge in [-0.15, -0.1) is 0 Å². The lowest BCUT2D eigenvalue weighted by Gasteiger charge is -1.98. The SMILES string of the molecule is Cc1ccnc(C2CC2C(=O)O)c1. The van der Waals surface area contributed by atoms with E-state index in [1.807, 2.05) is 19.1 Å². The number of hydrogen-bond acceptors (Lipinski definition) is 2. The Balaban J connectivity index is 2.16. The second-order valence-corrected chi connectivity index (χ2v) is 3.54. The first-order chi connectivity index (χ1) is 6.18. The highest BCUT2D eigenvalue weighted by molar-refractivity contribution is 5.75. The molecule has 0 saturated heterocycles. The lowest BCUT2D eigenvalue weighted by molar-refractivity contribution is -0.138. The molecule has 0 aromatic carbocycles. The standard InChI is InChI=1S/C10H11NO2/c1-6-2-3-11-9(4-6)7-5-8(7)10(12)13/h2-4,7-8H,5H2,1H3,(H,12,13). The molecule has 1 heterocycles. The van der Waals surface area contributed by atoms with E-state index in [0.29, 0.717) is 0 Å². The van der Waals surface area contributed by atoms with Gasteiger partial charge in [0.1, 0.15) is 0 Å². The fourth-order valence-electron chi connectivity index (χ4n) is 1.56. The molecule has 1 fully saturated rings. The van der Waals surface area contributed by atoms with Gasteiger partial charge in [-0.1, -0.05) is 0 Å². The van der Waals surface area contributed by atoms with Gasteiger partial charge in [0, 0.05) is 17.8 Å². The van der Waals surface area contributed by atoms with Crippen LogP contribution in [0.25, 0.3) is 0 Å². The van der Waals surface area contributed by atoms with Gasteiger partial charge < -0.3 is 5.11 Å². The first kappa shape index (κ1) is 8.23. The molecule has 3 nitrogen and oxygen atoms in total. The Hall–Kier alpha value is -1.38. The van der Waals surface area contributed by atoms with Crippen LogP contribution in [0.1, 0.15) is 23.6 Å². The Morgan fingerprint density at radius 3 is 3.00 bits per heavy atom. The number of rotatable bonds is 2. The number of carboxylic acids is 1. The van der Waals surface area contributed by atoms with Crippen LogP contribution in [-0.2, 0) is 4.79 Å². The maximum absolute atomic E-state index is 10.6. The zero-order chi connectivity index (χ0) is 9.42. The van der Waals surface area contributed by atoms with Crippen molar-refractivity contribution in [1.82, 2.24) is 4.98 Å². The van der Waals surface area contributed by atoms with Gasteiger partial charge in [-0.3, -0.25) is 9.78 Å². The molecule has 1 aliphatic carbocycles. The molecule has 1 aromatic rings.